The Morgan fingerprint density at radius 1 is 1.00 bits per heavy atom. The van der Waals surface area contributed by atoms with Crippen molar-refractivity contribution < 1.29 is 13.2 Å². The van der Waals surface area contributed by atoms with Gasteiger partial charge in [0.1, 0.15) is 0 Å². The molecule has 1 aliphatic heterocycles. The van der Waals surface area contributed by atoms with Crippen molar-refractivity contribution in [3.63, 3.8) is 0 Å². The number of sulfonamides is 1. The number of thioether (sulfide) groups is 1. The summed E-state index contributed by atoms with van der Waals surface area (Å²) in [4.78, 5) is 15.0. The standard InChI is InChI=1S/C20H21ClN2O3S2/c21-18-8-4-5-9-19(18)27-16-20(24)22-11-13-23(14-12-22)28(25,26)15-10-17-6-2-1-3-7-17/h1-10,15H,11-14,16H2/b15-10+. The van der Waals surface area contributed by atoms with Crippen LogP contribution < -0.4 is 0 Å². The third kappa shape index (κ3) is 5.61. The molecule has 8 heteroatoms. The Labute approximate surface area is 175 Å². The van der Waals surface area contributed by atoms with Crippen LogP contribution in [0.5, 0.6) is 0 Å². The SMILES string of the molecule is O=C(CSc1ccccc1Cl)N1CCN(S(=O)(=O)/C=C/c2ccccc2)CC1. The van der Waals surface area contributed by atoms with Crippen LogP contribution in [0.3, 0.4) is 0 Å². The molecule has 1 heterocycles. The summed E-state index contributed by atoms with van der Waals surface area (Å²) in [6.07, 6.45) is 1.59. The molecule has 0 aliphatic carbocycles. The Hall–Kier alpha value is -1.80. The van der Waals surface area contributed by atoms with E-state index < -0.39 is 10.0 Å². The van der Waals surface area contributed by atoms with Gasteiger partial charge in [-0.1, -0.05) is 54.1 Å². The van der Waals surface area contributed by atoms with Crippen LogP contribution in [0.2, 0.25) is 5.02 Å². The van der Waals surface area contributed by atoms with Crippen LogP contribution in [-0.4, -0.2) is 55.5 Å². The van der Waals surface area contributed by atoms with E-state index in [2.05, 4.69) is 0 Å². The van der Waals surface area contributed by atoms with Crippen LogP contribution in [0.1, 0.15) is 5.56 Å². The number of amides is 1. The molecule has 0 bridgehead atoms. The molecule has 1 amide bonds. The third-order valence-corrected chi connectivity index (χ3v) is 7.44. The number of rotatable bonds is 6. The zero-order valence-corrected chi connectivity index (χ0v) is 17.6. The molecule has 0 saturated carbocycles. The topological polar surface area (TPSA) is 57.7 Å². The fourth-order valence-corrected chi connectivity index (χ4v) is 5.11. The van der Waals surface area contributed by atoms with Gasteiger partial charge in [-0.05, 0) is 23.8 Å². The molecule has 0 aromatic heterocycles. The van der Waals surface area contributed by atoms with Crippen molar-refractivity contribution in [3.8, 4) is 0 Å². The summed E-state index contributed by atoms with van der Waals surface area (Å²) in [5.74, 6) is 0.270. The molecule has 0 atom stereocenters. The Bertz CT molecular complexity index is 941. The van der Waals surface area contributed by atoms with Gasteiger partial charge < -0.3 is 4.90 Å². The molecule has 0 N–H and O–H groups in total. The maximum absolute atomic E-state index is 12.5. The van der Waals surface area contributed by atoms with Crippen LogP contribution in [0.25, 0.3) is 6.08 Å². The highest BCUT2D eigenvalue weighted by molar-refractivity contribution is 8.00. The largest absolute Gasteiger partial charge is 0.339 e. The third-order valence-electron chi connectivity index (χ3n) is 4.37. The van der Waals surface area contributed by atoms with Gasteiger partial charge in [0.2, 0.25) is 15.9 Å². The van der Waals surface area contributed by atoms with E-state index >= 15 is 0 Å². The summed E-state index contributed by atoms with van der Waals surface area (Å²) >= 11 is 7.51. The van der Waals surface area contributed by atoms with E-state index in [1.54, 1.807) is 17.0 Å². The number of hydrogen-bond donors (Lipinski definition) is 0. The van der Waals surface area contributed by atoms with Gasteiger partial charge >= 0.3 is 0 Å². The lowest BCUT2D eigenvalue weighted by atomic mass is 10.2. The van der Waals surface area contributed by atoms with E-state index in [4.69, 9.17) is 11.6 Å². The zero-order chi connectivity index (χ0) is 20.0. The summed E-state index contributed by atoms with van der Waals surface area (Å²) in [7, 11) is -3.50. The summed E-state index contributed by atoms with van der Waals surface area (Å²) in [5.41, 5.74) is 0.830. The molecule has 28 heavy (non-hydrogen) atoms. The van der Waals surface area contributed by atoms with Gasteiger partial charge in [0.15, 0.2) is 0 Å². The van der Waals surface area contributed by atoms with Crippen LogP contribution in [0.15, 0.2) is 64.9 Å². The molecule has 5 nitrogen and oxygen atoms in total. The molecule has 1 fully saturated rings. The molecule has 0 unspecified atom stereocenters. The van der Waals surface area contributed by atoms with Crippen LogP contribution in [0.4, 0.5) is 0 Å². The minimum Gasteiger partial charge on any atom is -0.339 e. The fourth-order valence-electron chi connectivity index (χ4n) is 2.80. The Morgan fingerprint density at radius 3 is 2.32 bits per heavy atom. The van der Waals surface area contributed by atoms with E-state index in [9.17, 15) is 13.2 Å². The van der Waals surface area contributed by atoms with Crippen molar-refractivity contribution in [2.75, 3.05) is 31.9 Å². The minimum atomic E-state index is -3.50. The predicted molar refractivity (Wildman–Crippen MR) is 115 cm³/mol. The monoisotopic (exact) mass is 436 g/mol. The number of benzene rings is 2. The maximum Gasteiger partial charge on any atom is 0.236 e. The van der Waals surface area contributed by atoms with Crippen molar-refractivity contribution in [2.45, 2.75) is 4.90 Å². The molecule has 2 aromatic rings. The number of hydrogen-bond acceptors (Lipinski definition) is 4. The molecule has 0 radical (unpaired) electrons. The maximum atomic E-state index is 12.5. The van der Waals surface area contributed by atoms with Crippen molar-refractivity contribution in [1.82, 2.24) is 9.21 Å². The van der Waals surface area contributed by atoms with E-state index in [0.29, 0.717) is 31.2 Å². The summed E-state index contributed by atoms with van der Waals surface area (Å²) in [6.45, 7) is 1.37. The Balaban J connectivity index is 1.51. The highest BCUT2D eigenvalue weighted by atomic mass is 35.5. The second-order valence-electron chi connectivity index (χ2n) is 6.26. The smallest absolute Gasteiger partial charge is 0.236 e. The fraction of sp³-hybridized carbons (Fsp3) is 0.250. The first-order valence-corrected chi connectivity index (χ1v) is 11.7. The van der Waals surface area contributed by atoms with Gasteiger partial charge in [-0.2, -0.15) is 4.31 Å². The molecule has 1 saturated heterocycles. The Morgan fingerprint density at radius 2 is 1.64 bits per heavy atom. The highest BCUT2D eigenvalue weighted by Gasteiger charge is 2.27. The minimum absolute atomic E-state index is 0.0122. The van der Waals surface area contributed by atoms with Gasteiger partial charge in [-0.25, -0.2) is 8.42 Å². The lowest BCUT2D eigenvalue weighted by Gasteiger charge is -2.33. The highest BCUT2D eigenvalue weighted by Crippen LogP contribution is 2.26. The van der Waals surface area contributed by atoms with Gasteiger partial charge in [0.05, 0.1) is 10.8 Å². The molecule has 3 rings (SSSR count). The normalized spacial score (nSPS) is 15.8. The summed E-state index contributed by atoms with van der Waals surface area (Å²) in [5, 5.41) is 1.86. The molecular weight excluding hydrogens is 416 g/mol. The zero-order valence-electron chi connectivity index (χ0n) is 15.2. The van der Waals surface area contributed by atoms with Gasteiger partial charge in [-0.3, -0.25) is 4.79 Å². The van der Waals surface area contributed by atoms with Crippen molar-refractivity contribution >= 4 is 45.4 Å². The van der Waals surface area contributed by atoms with Crippen molar-refractivity contribution in [2.24, 2.45) is 0 Å². The molecule has 0 spiro atoms. The van der Waals surface area contributed by atoms with Gasteiger partial charge in [0.25, 0.3) is 0 Å². The van der Waals surface area contributed by atoms with Crippen molar-refractivity contribution in [1.29, 1.82) is 0 Å². The van der Waals surface area contributed by atoms with E-state index in [0.717, 1.165) is 10.5 Å². The number of carbonyl (C=O) groups is 1. The Kier molecular flexibility index (Phi) is 7.18. The lowest BCUT2D eigenvalue weighted by Crippen LogP contribution is -2.50. The number of carbonyl (C=O) groups excluding carboxylic acids is 1. The first-order chi connectivity index (χ1) is 13.5. The lowest BCUT2D eigenvalue weighted by molar-refractivity contribution is -0.129. The average molecular weight is 437 g/mol. The summed E-state index contributed by atoms with van der Waals surface area (Å²) < 4.78 is 26.4. The molecular formula is C20H21ClN2O3S2. The number of halogens is 1. The van der Waals surface area contributed by atoms with E-state index in [1.807, 2.05) is 48.5 Å². The number of piperazine rings is 1. The second kappa shape index (κ2) is 9.60. The summed E-state index contributed by atoms with van der Waals surface area (Å²) in [6, 6.07) is 16.7. The molecule has 2 aromatic carbocycles. The molecule has 1 aliphatic rings. The molecule has 148 valence electrons. The van der Waals surface area contributed by atoms with Crippen LogP contribution in [-0.2, 0) is 14.8 Å². The van der Waals surface area contributed by atoms with Gasteiger partial charge in [0, 0.05) is 36.5 Å². The quantitative estimate of drug-likeness (QED) is 0.649. The predicted octanol–water partition coefficient (Wildman–Crippen LogP) is 3.58. The van der Waals surface area contributed by atoms with Crippen molar-refractivity contribution in [3.05, 3.63) is 70.6 Å². The van der Waals surface area contributed by atoms with E-state index in [1.165, 1.54) is 21.5 Å². The van der Waals surface area contributed by atoms with Crippen LogP contribution >= 0.6 is 23.4 Å². The average Bonchev–Trinajstić information content (AvgIpc) is 2.72. The first-order valence-electron chi connectivity index (χ1n) is 8.84. The second-order valence-corrected chi connectivity index (χ2v) is 9.50. The van der Waals surface area contributed by atoms with Crippen LogP contribution in [0, 0.1) is 0 Å². The van der Waals surface area contributed by atoms with E-state index in [-0.39, 0.29) is 11.7 Å². The first kappa shape index (κ1) is 20.9. The number of nitrogens with zero attached hydrogens (tertiary/aromatic N) is 2. The van der Waals surface area contributed by atoms with Gasteiger partial charge in [-0.15, -0.1) is 11.8 Å².